The molecule has 3 aromatic rings. The van der Waals surface area contributed by atoms with Gasteiger partial charge in [0, 0.05) is 34.9 Å². The fraction of sp³-hybridized carbons (Fsp3) is 0.385. The Kier molecular flexibility index (Phi) is 5.47. The highest BCUT2D eigenvalue weighted by Crippen LogP contribution is 2.52. The lowest BCUT2D eigenvalue weighted by molar-refractivity contribution is -0.123. The van der Waals surface area contributed by atoms with Gasteiger partial charge in [-0.25, -0.2) is 4.98 Å². The molecular formula is C26H28BrN3O. The molecule has 2 atom stereocenters. The number of nitrogens with zero attached hydrogens (tertiary/aromatic N) is 2. The van der Waals surface area contributed by atoms with Crippen molar-refractivity contribution in [1.82, 2.24) is 14.9 Å². The molecule has 4 nitrogen and oxygen atoms in total. The van der Waals surface area contributed by atoms with Gasteiger partial charge in [0.15, 0.2) is 0 Å². The molecule has 1 aliphatic carbocycles. The van der Waals surface area contributed by atoms with E-state index in [4.69, 9.17) is 0 Å². The van der Waals surface area contributed by atoms with Crippen LogP contribution in [0.5, 0.6) is 0 Å². The molecule has 1 N–H and O–H groups in total. The van der Waals surface area contributed by atoms with E-state index in [0.29, 0.717) is 12.5 Å². The topological polar surface area (TPSA) is 46.9 Å². The summed E-state index contributed by atoms with van der Waals surface area (Å²) in [6, 6.07) is 17.3. The van der Waals surface area contributed by atoms with Crippen LogP contribution in [0, 0.1) is 5.92 Å². The maximum absolute atomic E-state index is 13.1. The van der Waals surface area contributed by atoms with Crippen LogP contribution < -0.4 is 5.32 Å². The van der Waals surface area contributed by atoms with Gasteiger partial charge in [-0.2, -0.15) is 0 Å². The van der Waals surface area contributed by atoms with Crippen molar-refractivity contribution in [3.63, 3.8) is 0 Å². The normalized spacial score (nSPS) is 21.4. The smallest absolute Gasteiger partial charge is 0.220 e. The molecule has 5 heteroatoms. The molecule has 2 unspecified atom stereocenters. The first kappa shape index (κ1) is 20.5. The van der Waals surface area contributed by atoms with Crippen LogP contribution in [-0.4, -0.2) is 21.5 Å². The van der Waals surface area contributed by atoms with E-state index in [2.05, 4.69) is 92.4 Å². The van der Waals surface area contributed by atoms with Crippen molar-refractivity contribution in [1.29, 1.82) is 0 Å². The molecular weight excluding hydrogens is 450 g/mol. The van der Waals surface area contributed by atoms with Gasteiger partial charge in [0.2, 0.25) is 5.91 Å². The Labute approximate surface area is 192 Å². The highest BCUT2D eigenvalue weighted by molar-refractivity contribution is 9.10. The minimum absolute atomic E-state index is 0.0499. The lowest BCUT2D eigenvalue weighted by atomic mass is 9.72. The SMILES string of the molecule is CC(CC(=O)NC1CCCCC1)C1(c2ccc(Br)cc2)c2ccccc2-c2nccn21. The Morgan fingerprint density at radius 1 is 1.16 bits per heavy atom. The zero-order chi connectivity index (χ0) is 21.4. The molecule has 5 rings (SSSR count). The number of imidazole rings is 1. The van der Waals surface area contributed by atoms with Crippen molar-refractivity contribution in [2.24, 2.45) is 5.92 Å². The third kappa shape index (κ3) is 3.43. The van der Waals surface area contributed by atoms with Gasteiger partial charge in [0.1, 0.15) is 11.4 Å². The number of fused-ring (bicyclic) bond motifs is 3. The van der Waals surface area contributed by atoms with Gasteiger partial charge in [-0.05, 0) is 42.0 Å². The second-order valence-electron chi connectivity index (χ2n) is 8.95. The number of carbonyl (C=O) groups is 1. The van der Waals surface area contributed by atoms with Gasteiger partial charge >= 0.3 is 0 Å². The van der Waals surface area contributed by atoms with Gasteiger partial charge in [0.25, 0.3) is 0 Å². The lowest BCUT2D eigenvalue weighted by Gasteiger charge is -2.39. The van der Waals surface area contributed by atoms with Crippen LogP contribution in [-0.2, 0) is 10.3 Å². The lowest BCUT2D eigenvalue weighted by Crippen LogP contribution is -2.44. The highest BCUT2D eigenvalue weighted by Gasteiger charge is 2.49. The molecule has 0 radical (unpaired) electrons. The molecule has 1 aliphatic heterocycles. The summed E-state index contributed by atoms with van der Waals surface area (Å²) in [6.07, 6.45) is 10.3. The Morgan fingerprint density at radius 3 is 2.68 bits per heavy atom. The predicted molar refractivity (Wildman–Crippen MR) is 127 cm³/mol. The summed E-state index contributed by atoms with van der Waals surface area (Å²) in [4.78, 5) is 17.8. The van der Waals surface area contributed by atoms with E-state index in [1.54, 1.807) is 0 Å². The molecule has 0 spiro atoms. The van der Waals surface area contributed by atoms with E-state index >= 15 is 0 Å². The molecule has 1 saturated carbocycles. The van der Waals surface area contributed by atoms with Crippen LogP contribution in [0.3, 0.4) is 0 Å². The van der Waals surface area contributed by atoms with Crippen molar-refractivity contribution in [2.45, 2.75) is 57.0 Å². The first-order valence-corrected chi connectivity index (χ1v) is 12.1. The third-order valence-corrected chi connectivity index (χ3v) is 7.59. The predicted octanol–water partition coefficient (Wildman–Crippen LogP) is 5.89. The maximum Gasteiger partial charge on any atom is 0.220 e. The molecule has 2 heterocycles. The average Bonchev–Trinajstić information content (AvgIpc) is 3.36. The Balaban J connectivity index is 1.56. The summed E-state index contributed by atoms with van der Waals surface area (Å²) in [7, 11) is 0. The maximum atomic E-state index is 13.1. The van der Waals surface area contributed by atoms with E-state index in [0.717, 1.165) is 28.7 Å². The summed E-state index contributed by atoms with van der Waals surface area (Å²) in [5, 5.41) is 3.32. The first-order chi connectivity index (χ1) is 15.1. The van der Waals surface area contributed by atoms with Gasteiger partial charge < -0.3 is 9.88 Å². The zero-order valence-electron chi connectivity index (χ0n) is 17.9. The van der Waals surface area contributed by atoms with Crippen molar-refractivity contribution < 1.29 is 4.79 Å². The third-order valence-electron chi connectivity index (χ3n) is 7.06. The molecule has 1 aromatic heterocycles. The fourth-order valence-corrected chi connectivity index (χ4v) is 5.94. The summed E-state index contributed by atoms with van der Waals surface area (Å²) in [5.74, 6) is 1.17. The van der Waals surface area contributed by atoms with E-state index in [1.165, 1.54) is 30.4 Å². The van der Waals surface area contributed by atoms with Gasteiger partial charge in [-0.1, -0.05) is 78.5 Å². The van der Waals surface area contributed by atoms with E-state index in [9.17, 15) is 4.79 Å². The van der Waals surface area contributed by atoms with E-state index in [1.807, 2.05) is 6.20 Å². The van der Waals surface area contributed by atoms with Gasteiger partial charge in [-0.15, -0.1) is 0 Å². The van der Waals surface area contributed by atoms with Crippen LogP contribution in [0.1, 0.15) is 56.6 Å². The Morgan fingerprint density at radius 2 is 1.90 bits per heavy atom. The molecule has 2 aliphatic rings. The molecule has 160 valence electrons. The molecule has 1 fully saturated rings. The number of carbonyl (C=O) groups excluding carboxylic acids is 1. The van der Waals surface area contributed by atoms with E-state index in [-0.39, 0.29) is 11.8 Å². The molecule has 0 saturated heterocycles. The number of rotatable bonds is 5. The van der Waals surface area contributed by atoms with Gasteiger partial charge in [-0.3, -0.25) is 4.79 Å². The van der Waals surface area contributed by atoms with E-state index < -0.39 is 5.54 Å². The number of aromatic nitrogens is 2. The second kappa shape index (κ2) is 8.27. The minimum Gasteiger partial charge on any atom is -0.353 e. The van der Waals surface area contributed by atoms with Crippen LogP contribution in [0.15, 0.2) is 65.4 Å². The van der Waals surface area contributed by atoms with Crippen molar-refractivity contribution in [3.8, 4) is 11.4 Å². The Hall–Kier alpha value is -2.40. The van der Waals surface area contributed by atoms with Crippen LogP contribution >= 0.6 is 15.9 Å². The van der Waals surface area contributed by atoms with Crippen molar-refractivity contribution >= 4 is 21.8 Å². The monoisotopic (exact) mass is 477 g/mol. The van der Waals surface area contributed by atoms with Crippen LogP contribution in [0.2, 0.25) is 0 Å². The summed E-state index contributed by atoms with van der Waals surface area (Å²) in [6.45, 7) is 2.20. The quantitative estimate of drug-likeness (QED) is 0.497. The van der Waals surface area contributed by atoms with Crippen LogP contribution in [0.4, 0.5) is 0 Å². The molecule has 0 bridgehead atoms. The second-order valence-corrected chi connectivity index (χ2v) is 9.86. The van der Waals surface area contributed by atoms with Crippen molar-refractivity contribution in [2.75, 3.05) is 0 Å². The molecule has 1 amide bonds. The number of hydrogen-bond acceptors (Lipinski definition) is 2. The standard InChI is InChI=1S/C26H28BrN3O/c1-18(17-24(31)29-21-7-3-2-4-8-21)26(19-11-13-20(27)14-12-19)23-10-6-5-9-22(23)25-28-15-16-30(25)26/h5-6,9-16,18,21H,2-4,7-8,17H2,1H3,(H,29,31). The number of hydrogen-bond donors (Lipinski definition) is 1. The molecule has 31 heavy (non-hydrogen) atoms. The summed E-state index contributed by atoms with van der Waals surface area (Å²) in [5.41, 5.74) is 3.08. The minimum atomic E-state index is -0.465. The van der Waals surface area contributed by atoms with Gasteiger partial charge in [0.05, 0.1) is 0 Å². The number of benzene rings is 2. The van der Waals surface area contributed by atoms with Crippen molar-refractivity contribution in [3.05, 3.63) is 76.5 Å². The highest BCUT2D eigenvalue weighted by atomic mass is 79.9. The van der Waals surface area contributed by atoms with Crippen LogP contribution in [0.25, 0.3) is 11.4 Å². The zero-order valence-corrected chi connectivity index (χ0v) is 19.4. The summed E-state index contributed by atoms with van der Waals surface area (Å²) < 4.78 is 3.32. The fourth-order valence-electron chi connectivity index (χ4n) is 5.67. The average molecular weight is 478 g/mol. The summed E-state index contributed by atoms with van der Waals surface area (Å²) >= 11 is 3.58. The molecule has 2 aromatic carbocycles. The largest absolute Gasteiger partial charge is 0.353 e. The number of amides is 1. The first-order valence-electron chi connectivity index (χ1n) is 11.3. The number of halogens is 1. The number of nitrogens with one attached hydrogen (secondary N) is 1. The Bertz CT molecular complexity index is 1080.